The van der Waals surface area contributed by atoms with E-state index in [2.05, 4.69) is 20.8 Å². The molecular weight excluding hydrogens is 309 g/mol. The highest BCUT2D eigenvalue weighted by atomic mass is 19.1. The van der Waals surface area contributed by atoms with Crippen LogP contribution in [0.3, 0.4) is 0 Å². The van der Waals surface area contributed by atoms with Gasteiger partial charge in [0.2, 0.25) is 0 Å². The van der Waals surface area contributed by atoms with Crippen molar-refractivity contribution in [3.8, 4) is 0 Å². The van der Waals surface area contributed by atoms with Crippen molar-refractivity contribution in [3.05, 3.63) is 40.8 Å². The number of nitrogens with zero attached hydrogens (tertiary/aromatic N) is 2. The number of aromatic nitrogens is 2. The van der Waals surface area contributed by atoms with Gasteiger partial charge < -0.3 is 15.5 Å². The van der Waals surface area contributed by atoms with E-state index in [1.807, 2.05) is 26.8 Å². The molecule has 7 heteroatoms. The third-order valence-electron chi connectivity index (χ3n) is 4.66. The number of carbonyl (C=O) groups excluding carboxylic acids is 1. The summed E-state index contributed by atoms with van der Waals surface area (Å²) >= 11 is 0. The molecule has 0 aliphatic carbocycles. The average Bonchev–Trinajstić information content (AvgIpc) is 3.07. The molecule has 0 radical (unpaired) electrons. The number of rotatable bonds is 3. The summed E-state index contributed by atoms with van der Waals surface area (Å²) in [6.45, 7) is 6.23. The molecule has 3 N–H and O–H groups in total. The standard InChI is InChI=1S/C17H22FN5O/c1-5-10-7-6-8-12(18)13(10)20-16(24)23-9-11-14(17(23,2)3)21-22-15(11)19-4/h6-8H,5,9H2,1-4H3,(H,20,24)(H2,19,21,22). The normalized spacial score (nSPS) is 15.3. The van der Waals surface area contributed by atoms with Gasteiger partial charge in [-0.25, -0.2) is 9.18 Å². The van der Waals surface area contributed by atoms with Crippen LogP contribution < -0.4 is 10.6 Å². The molecule has 0 atom stereocenters. The van der Waals surface area contributed by atoms with Gasteiger partial charge >= 0.3 is 6.03 Å². The predicted molar refractivity (Wildman–Crippen MR) is 91.5 cm³/mol. The molecule has 1 aromatic heterocycles. The summed E-state index contributed by atoms with van der Waals surface area (Å²) in [6.07, 6.45) is 0.642. The summed E-state index contributed by atoms with van der Waals surface area (Å²) in [7, 11) is 1.79. The zero-order chi connectivity index (χ0) is 17.5. The molecule has 2 aromatic rings. The van der Waals surface area contributed by atoms with Gasteiger partial charge in [-0.05, 0) is 31.9 Å². The van der Waals surface area contributed by atoms with Crippen molar-refractivity contribution in [2.75, 3.05) is 17.7 Å². The Morgan fingerprint density at radius 3 is 2.88 bits per heavy atom. The number of amides is 2. The van der Waals surface area contributed by atoms with E-state index >= 15 is 0 Å². The zero-order valence-electron chi connectivity index (χ0n) is 14.3. The maximum atomic E-state index is 14.1. The Hall–Kier alpha value is -2.57. The number of benzene rings is 1. The Kier molecular flexibility index (Phi) is 3.95. The molecule has 2 amide bonds. The highest BCUT2D eigenvalue weighted by molar-refractivity contribution is 5.91. The molecule has 24 heavy (non-hydrogen) atoms. The monoisotopic (exact) mass is 331 g/mol. The first kappa shape index (κ1) is 16.3. The van der Waals surface area contributed by atoms with Gasteiger partial charge in [0.05, 0.1) is 23.5 Å². The number of para-hydroxylation sites is 1. The molecule has 6 nitrogen and oxygen atoms in total. The molecule has 0 bridgehead atoms. The van der Waals surface area contributed by atoms with E-state index in [4.69, 9.17) is 0 Å². The molecule has 2 heterocycles. The second kappa shape index (κ2) is 5.81. The lowest BCUT2D eigenvalue weighted by atomic mass is 10.0. The highest BCUT2D eigenvalue weighted by Crippen LogP contribution is 2.40. The Labute approximate surface area is 140 Å². The van der Waals surface area contributed by atoms with E-state index in [-0.39, 0.29) is 11.7 Å². The number of carbonyl (C=O) groups is 1. The van der Waals surface area contributed by atoms with Crippen molar-refractivity contribution in [3.63, 3.8) is 0 Å². The summed E-state index contributed by atoms with van der Waals surface area (Å²) in [4.78, 5) is 14.5. The second-order valence-electron chi connectivity index (χ2n) is 6.38. The van der Waals surface area contributed by atoms with Crippen LogP contribution in [0.1, 0.15) is 37.6 Å². The lowest BCUT2D eigenvalue weighted by Gasteiger charge is -2.32. The summed E-state index contributed by atoms with van der Waals surface area (Å²) in [6, 6.07) is 4.50. The second-order valence-corrected chi connectivity index (χ2v) is 6.38. The van der Waals surface area contributed by atoms with E-state index in [0.717, 1.165) is 22.6 Å². The first-order valence-electron chi connectivity index (χ1n) is 8.01. The number of aromatic amines is 1. The third-order valence-corrected chi connectivity index (χ3v) is 4.66. The molecule has 0 spiro atoms. The number of halogens is 1. The topological polar surface area (TPSA) is 73.1 Å². The molecule has 3 rings (SSSR count). The molecule has 128 valence electrons. The van der Waals surface area contributed by atoms with Crippen molar-refractivity contribution < 1.29 is 9.18 Å². The van der Waals surface area contributed by atoms with Crippen molar-refractivity contribution >= 4 is 17.5 Å². The van der Waals surface area contributed by atoms with Crippen LogP contribution in [0.5, 0.6) is 0 Å². The van der Waals surface area contributed by atoms with Crippen molar-refractivity contribution in [1.29, 1.82) is 0 Å². The maximum absolute atomic E-state index is 14.1. The summed E-state index contributed by atoms with van der Waals surface area (Å²) < 4.78 is 14.1. The minimum absolute atomic E-state index is 0.253. The van der Waals surface area contributed by atoms with Gasteiger partial charge in [0, 0.05) is 12.6 Å². The molecule has 0 fully saturated rings. The third kappa shape index (κ3) is 2.40. The van der Waals surface area contributed by atoms with Gasteiger partial charge in [0.1, 0.15) is 5.82 Å². The molecule has 0 unspecified atom stereocenters. The first-order chi connectivity index (χ1) is 11.4. The van der Waals surface area contributed by atoms with Gasteiger partial charge in [0.25, 0.3) is 0 Å². The smallest absolute Gasteiger partial charge is 0.323 e. The Bertz CT molecular complexity index is 783. The lowest BCUT2D eigenvalue weighted by molar-refractivity contribution is 0.155. The van der Waals surface area contributed by atoms with Crippen LogP contribution in [0.4, 0.5) is 20.7 Å². The Morgan fingerprint density at radius 2 is 2.21 bits per heavy atom. The van der Waals surface area contributed by atoms with Crippen molar-refractivity contribution in [1.82, 2.24) is 15.1 Å². The summed E-state index contributed by atoms with van der Waals surface area (Å²) in [5.41, 5.74) is 2.33. The number of nitrogens with one attached hydrogen (secondary N) is 3. The highest BCUT2D eigenvalue weighted by Gasteiger charge is 2.43. The van der Waals surface area contributed by atoms with E-state index in [0.29, 0.717) is 13.0 Å². The van der Waals surface area contributed by atoms with Crippen LogP contribution in [-0.4, -0.2) is 28.2 Å². The van der Waals surface area contributed by atoms with Crippen molar-refractivity contribution in [2.24, 2.45) is 0 Å². The van der Waals surface area contributed by atoms with Crippen LogP contribution in [-0.2, 0) is 18.5 Å². The van der Waals surface area contributed by atoms with E-state index in [1.165, 1.54) is 6.07 Å². The van der Waals surface area contributed by atoms with Gasteiger partial charge in [-0.3, -0.25) is 5.10 Å². The van der Waals surface area contributed by atoms with Crippen LogP contribution in [0.2, 0.25) is 0 Å². The quantitative estimate of drug-likeness (QED) is 0.807. The molecule has 1 aromatic carbocycles. The number of fused-ring (bicyclic) bond motifs is 1. The van der Waals surface area contributed by atoms with Crippen LogP contribution in [0.15, 0.2) is 18.2 Å². The van der Waals surface area contributed by atoms with E-state index in [1.54, 1.807) is 18.0 Å². The van der Waals surface area contributed by atoms with Crippen LogP contribution >= 0.6 is 0 Å². The minimum Gasteiger partial charge on any atom is -0.371 e. The first-order valence-corrected chi connectivity index (χ1v) is 8.01. The number of hydrogen-bond donors (Lipinski definition) is 3. The number of anilines is 2. The number of aryl methyl sites for hydroxylation is 1. The fourth-order valence-electron chi connectivity index (χ4n) is 3.23. The minimum atomic E-state index is -0.556. The van der Waals surface area contributed by atoms with Crippen molar-refractivity contribution in [2.45, 2.75) is 39.3 Å². The molecule has 1 aliphatic rings. The SMILES string of the molecule is CCc1cccc(F)c1NC(=O)N1Cc2c(NC)n[nH]c2C1(C)C. The zero-order valence-corrected chi connectivity index (χ0v) is 14.3. The van der Waals surface area contributed by atoms with Crippen LogP contribution in [0, 0.1) is 5.82 Å². The average molecular weight is 331 g/mol. The number of urea groups is 1. The summed E-state index contributed by atoms with van der Waals surface area (Å²) in [5, 5.41) is 13.0. The van der Waals surface area contributed by atoms with E-state index in [9.17, 15) is 9.18 Å². The molecule has 0 saturated heterocycles. The van der Waals surface area contributed by atoms with Gasteiger partial charge in [-0.15, -0.1) is 0 Å². The van der Waals surface area contributed by atoms with Gasteiger partial charge in [-0.1, -0.05) is 19.1 Å². The molecule has 1 aliphatic heterocycles. The van der Waals surface area contributed by atoms with E-state index < -0.39 is 11.4 Å². The fourth-order valence-corrected chi connectivity index (χ4v) is 3.23. The van der Waals surface area contributed by atoms with Gasteiger partial charge in [0.15, 0.2) is 5.82 Å². The molecule has 0 saturated carbocycles. The number of hydrogen-bond acceptors (Lipinski definition) is 3. The number of H-pyrrole nitrogens is 1. The fraction of sp³-hybridized carbons (Fsp3) is 0.412. The van der Waals surface area contributed by atoms with Gasteiger partial charge in [-0.2, -0.15) is 5.10 Å². The largest absolute Gasteiger partial charge is 0.371 e. The lowest BCUT2D eigenvalue weighted by Crippen LogP contribution is -2.43. The van der Waals surface area contributed by atoms with Crippen LogP contribution in [0.25, 0.3) is 0 Å². The summed E-state index contributed by atoms with van der Waals surface area (Å²) in [5.74, 6) is 0.310. The maximum Gasteiger partial charge on any atom is 0.323 e. The molecular formula is C17H22FN5O. The predicted octanol–water partition coefficient (Wildman–Crippen LogP) is 3.44. The Morgan fingerprint density at radius 1 is 1.46 bits per heavy atom. The Balaban J connectivity index is 1.89.